The molecule has 0 saturated heterocycles. The second-order valence-corrected chi connectivity index (χ2v) is 6.62. The molecule has 3 rings (SSSR count). The highest BCUT2D eigenvalue weighted by Crippen LogP contribution is 2.38. The number of hydrogen-bond donors (Lipinski definition) is 1. The Morgan fingerprint density at radius 2 is 2.30 bits per heavy atom. The smallest absolute Gasteiger partial charge is 0.0410 e. The van der Waals surface area contributed by atoms with Crippen molar-refractivity contribution in [3.8, 4) is 0 Å². The van der Waals surface area contributed by atoms with Crippen molar-refractivity contribution in [1.29, 1.82) is 0 Å². The first kappa shape index (κ1) is 13.9. The number of thioether (sulfide) groups is 1. The summed E-state index contributed by atoms with van der Waals surface area (Å²) in [6.07, 6.45) is 4.86. The van der Waals surface area contributed by atoms with E-state index < -0.39 is 0 Å². The summed E-state index contributed by atoms with van der Waals surface area (Å²) in [7, 11) is 0. The van der Waals surface area contributed by atoms with Gasteiger partial charge in [0.2, 0.25) is 0 Å². The van der Waals surface area contributed by atoms with Gasteiger partial charge in [0.25, 0.3) is 0 Å². The van der Waals surface area contributed by atoms with E-state index in [-0.39, 0.29) is 6.04 Å². The first-order valence-electron chi connectivity index (χ1n) is 6.82. The standard InChI is InChI=1S/C16H17ClN2S/c1-11(12-3-2-7-18-10-12)19-15-6-8-20-16-5-4-13(17)9-14(15)16/h2-5,7,9-11,15,19H,6,8H2,1H3/t11-,15?/m1/s1. The summed E-state index contributed by atoms with van der Waals surface area (Å²) in [5.74, 6) is 1.14. The van der Waals surface area contributed by atoms with Crippen molar-refractivity contribution in [2.45, 2.75) is 30.3 Å². The lowest BCUT2D eigenvalue weighted by molar-refractivity contribution is 0.449. The van der Waals surface area contributed by atoms with E-state index in [1.807, 2.05) is 36.3 Å². The number of pyridine rings is 1. The molecule has 1 aliphatic rings. The van der Waals surface area contributed by atoms with Crippen molar-refractivity contribution in [3.05, 3.63) is 58.9 Å². The number of benzene rings is 1. The Kier molecular flexibility index (Phi) is 4.29. The molecule has 0 saturated carbocycles. The second-order valence-electron chi connectivity index (χ2n) is 5.05. The molecular weight excluding hydrogens is 288 g/mol. The van der Waals surface area contributed by atoms with Crippen LogP contribution in [0.2, 0.25) is 5.02 Å². The Labute approximate surface area is 129 Å². The largest absolute Gasteiger partial charge is 0.303 e. The normalized spacial score (nSPS) is 19.4. The minimum atomic E-state index is 0.281. The van der Waals surface area contributed by atoms with Crippen molar-refractivity contribution in [1.82, 2.24) is 10.3 Å². The maximum Gasteiger partial charge on any atom is 0.0410 e. The summed E-state index contributed by atoms with van der Waals surface area (Å²) in [5, 5.41) is 4.52. The van der Waals surface area contributed by atoms with Crippen LogP contribution in [-0.2, 0) is 0 Å². The molecule has 0 amide bonds. The van der Waals surface area contributed by atoms with Gasteiger partial charge in [-0.15, -0.1) is 11.8 Å². The molecule has 1 unspecified atom stereocenters. The van der Waals surface area contributed by atoms with Crippen LogP contribution < -0.4 is 5.32 Å². The molecule has 104 valence electrons. The van der Waals surface area contributed by atoms with E-state index >= 15 is 0 Å². The highest BCUT2D eigenvalue weighted by molar-refractivity contribution is 7.99. The van der Waals surface area contributed by atoms with E-state index in [1.165, 1.54) is 16.0 Å². The van der Waals surface area contributed by atoms with Crippen LogP contribution in [0.3, 0.4) is 0 Å². The first-order chi connectivity index (χ1) is 9.74. The van der Waals surface area contributed by atoms with Gasteiger partial charge in [-0.2, -0.15) is 0 Å². The predicted octanol–water partition coefficient (Wildman–Crippen LogP) is 4.62. The topological polar surface area (TPSA) is 24.9 Å². The lowest BCUT2D eigenvalue weighted by Gasteiger charge is -2.29. The van der Waals surface area contributed by atoms with Crippen LogP contribution in [0.15, 0.2) is 47.6 Å². The fourth-order valence-corrected chi connectivity index (χ4v) is 3.85. The molecule has 0 bridgehead atoms. The number of fused-ring (bicyclic) bond motifs is 1. The van der Waals surface area contributed by atoms with Gasteiger partial charge in [-0.05, 0) is 54.5 Å². The van der Waals surface area contributed by atoms with Crippen LogP contribution in [0, 0.1) is 0 Å². The predicted molar refractivity (Wildman–Crippen MR) is 85.3 cm³/mol. The minimum absolute atomic E-state index is 0.281. The van der Waals surface area contributed by atoms with Crippen LogP contribution in [0.4, 0.5) is 0 Å². The molecule has 1 N–H and O–H groups in total. The summed E-state index contributed by atoms with van der Waals surface area (Å²) in [4.78, 5) is 5.54. The van der Waals surface area contributed by atoms with Gasteiger partial charge >= 0.3 is 0 Å². The zero-order chi connectivity index (χ0) is 13.9. The van der Waals surface area contributed by atoms with Crippen LogP contribution >= 0.6 is 23.4 Å². The van der Waals surface area contributed by atoms with Gasteiger partial charge in [0.05, 0.1) is 0 Å². The summed E-state index contributed by atoms with van der Waals surface area (Å²) < 4.78 is 0. The number of aromatic nitrogens is 1. The molecular formula is C16H17ClN2S. The fraction of sp³-hybridized carbons (Fsp3) is 0.312. The van der Waals surface area contributed by atoms with Crippen molar-refractivity contribution in [3.63, 3.8) is 0 Å². The average Bonchev–Trinajstić information content (AvgIpc) is 2.49. The monoisotopic (exact) mass is 304 g/mol. The fourth-order valence-electron chi connectivity index (χ4n) is 2.57. The van der Waals surface area contributed by atoms with Gasteiger partial charge in [-0.25, -0.2) is 0 Å². The molecule has 20 heavy (non-hydrogen) atoms. The van der Waals surface area contributed by atoms with Gasteiger partial charge in [0, 0.05) is 34.4 Å². The van der Waals surface area contributed by atoms with Crippen molar-refractivity contribution in [2.24, 2.45) is 0 Å². The summed E-state index contributed by atoms with van der Waals surface area (Å²) >= 11 is 8.06. The molecule has 2 aromatic rings. The number of halogens is 1. The molecule has 2 nitrogen and oxygen atoms in total. The summed E-state index contributed by atoms with van der Waals surface area (Å²) in [6.45, 7) is 2.18. The molecule has 2 heterocycles. The quantitative estimate of drug-likeness (QED) is 0.895. The Morgan fingerprint density at radius 1 is 1.40 bits per heavy atom. The van der Waals surface area contributed by atoms with E-state index in [2.05, 4.69) is 35.4 Å². The molecule has 0 radical (unpaired) electrons. The minimum Gasteiger partial charge on any atom is -0.303 e. The van der Waals surface area contributed by atoms with Gasteiger partial charge in [0.15, 0.2) is 0 Å². The number of rotatable bonds is 3. The van der Waals surface area contributed by atoms with E-state index in [4.69, 9.17) is 11.6 Å². The van der Waals surface area contributed by atoms with Crippen molar-refractivity contribution >= 4 is 23.4 Å². The number of nitrogens with one attached hydrogen (secondary N) is 1. The van der Waals surface area contributed by atoms with Crippen LogP contribution in [0.1, 0.15) is 36.6 Å². The van der Waals surface area contributed by atoms with Crippen LogP contribution in [0.5, 0.6) is 0 Å². The molecule has 2 atom stereocenters. The van der Waals surface area contributed by atoms with Crippen molar-refractivity contribution in [2.75, 3.05) is 5.75 Å². The molecule has 0 aliphatic carbocycles. The Morgan fingerprint density at radius 3 is 3.10 bits per heavy atom. The maximum atomic E-state index is 6.15. The van der Waals surface area contributed by atoms with E-state index in [0.717, 1.165) is 17.2 Å². The van der Waals surface area contributed by atoms with Crippen LogP contribution in [-0.4, -0.2) is 10.7 Å². The third-order valence-electron chi connectivity index (χ3n) is 3.65. The third-order valence-corrected chi connectivity index (χ3v) is 5.00. The zero-order valence-corrected chi connectivity index (χ0v) is 12.9. The van der Waals surface area contributed by atoms with Gasteiger partial charge < -0.3 is 5.32 Å². The number of hydrogen-bond acceptors (Lipinski definition) is 3. The zero-order valence-electron chi connectivity index (χ0n) is 11.3. The molecule has 1 aliphatic heterocycles. The van der Waals surface area contributed by atoms with Crippen molar-refractivity contribution < 1.29 is 0 Å². The third kappa shape index (κ3) is 3.00. The van der Waals surface area contributed by atoms with E-state index in [9.17, 15) is 0 Å². The second kappa shape index (κ2) is 6.17. The maximum absolute atomic E-state index is 6.15. The summed E-state index contributed by atoms with van der Waals surface area (Å²) in [5.41, 5.74) is 2.54. The summed E-state index contributed by atoms with van der Waals surface area (Å²) in [6, 6.07) is 10.9. The van der Waals surface area contributed by atoms with E-state index in [0.29, 0.717) is 6.04 Å². The van der Waals surface area contributed by atoms with Crippen LogP contribution in [0.25, 0.3) is 0 Å². The molecule has 1 aromatic heterocycles. The first-order valence-corrected chi connectivity index (χ1v) is 8.18. The number of nitrogens with zero attached hydrogens (tertiary/aromatic N) is 1. The van der Waals surface area contributed by atoms with Gasteiger partial charge in [-0.1, -0.05) is 17.7 Å². The van der Waals surface area contributed by atoms with Gasteiger partial charge in [-0.3, -0.25) is 4.98 Å². The molecule has 4 heteroatoms. The Balaban J connectivity index is 1.81. The molecule has 1 aromatic carbocycles. The Hall–Kier alpha value is -1.03. The lowest BCUT2D eigenvalue weighted by Crippen LogP contribution is -2.27. The van der Waals surface area contributed by atoms with Gasteiger partial charge in [0.1, 0.15) is 0 Å². The molecule has 0 fully saturated rings. The molecule has 0 spiro atoms. The van der Waals surface area contributed by atoms with E-state index in [1.54, 1.807) is 0 Å². The lowest BCUT2D eigenvalue weighted by atomic mass is 10.0. The average molecular weight is 305 g/mol. The highest BCUT2D eigenvalue weighted by Gasteiger charge is 2.22. The SMILES string of the molecule is C[C@@H](NC1CCSc2ccc(Cl)cc21)c1cccnc1. The highest BCUT2D eigenvalue weighted by atomic mass is 35.5. The Bertz CT molecular complexity index is 588.